The molecule has 0 heterocycles. The van der Waals surface area contributed by atoms with Gasteiger partial charge in [-0.15, -0.1) is 0 Å². The van der Waals surface area contributed by atoms with Crippen molar-refractivity contribution in [2.24, 2.45) is 0 Å². The molecule has 0 bridgehead atoms. The maximum absolute atomic E-state index is 5.50. The molecule has 0 amide bonds. The molecule has 26 heavy (non-hydrogen) atoms. The Hall–Kier alpha value is -2.39. The summed E-state index contributed by atoms with van der Waals surface area (Å²) in [5.74, 6) is 0. The minimum absolute atomic E-state index is 0.655. The van der Waals surface area contributed by atoms with Gasteiger partial charge in [-0.1, -0.05) is 67.9 Å². The van der Waals surface area contributed by atoms with Crippen molar-refractivity contribution in [2.45, 2.75) is 39.7 Å². The smallest absolute Gasteiger partial charge is 0.171 e. The summed E-state index contributed by atoms with van der Waals surface area (Å²) in [5.41, 5.74) is 4.94. The molecular formula is C23H26N2S. The van der Waals surface area contributed by atoms with Gasteiger partial charge in [0.05, 0.1) is 0 Å². The molecule has 0 radical (unpaired) electrons. The molecule has 3 heteroatoms. The Morgan fingerprint density at radius 1 is 1.00 bits per heavy atom. The minimum Gasteiger partial charge on any atom is -0.358 e. The van der Waals surface area contributed by atoms with Gasteiger partial charge in [0.25, 0.3) is 0 Å². The van der Waals surface area contributed by atoms with Crippen LogP contribution in [0.4, 0.5) is 5.69 Å². The monoisotopic (exact) mass is 362 g/mol. The van der Waals surface area contributed by atoms with Gasteiger partial charge in [-0.05, 0) is 65.5 Å². The van der Waals surface area contributed by atoms with Crippen LogP contribution in [0.5, 0.6) is 0 Å². The predicted molar refractivity (Wildman–Crippen MR) is 117 cm³/mol. The molecule has 2 N–H and O–H groups in total. The van der Waals surface area contributed by atoms with Crippen molar-refractivity contribution in [1.29, 1.82) is 0 Å². The van der Waals surface area contributed by atoms with Crippen LogP contribution < -0.4 is 10.6 Å². The largest absolute Gasteiger partial charge is 0.358 e. The number of rotatable bonds is 6. The lowest BCUT2D eigenvalue weighted by atomic mass is 10.0. The SMILES string of the molecule is CCCCc1ccc(NC(=S)NCc2cccc3ccccc23)c(C)c1. The van der Waals surface area contributed by atoms with E-state index in [4.69, 9.17) is 12.2 Å². The van der Waals surface area contributed by atoms with Crippen LogP contribution in [-0.2, 0) is 13.0 Å². The van der Waals surface area contributed by atoms with Crippen molar-refractivity contribution in [2.75, 3.05) is 5.32 Å². The summed E-state index contributed by atoms with van der Waals surface area (Å²) in [4.78, 5) is 0. The second-order valence-electron chi connectivity index (χ2n) is 6.70. The van der Waals surface area contributed by atoms with Crippen LogP contribution in [0.25, 0.3) is 10.8 Å². The Morgan fingerprint density at radius 3 is 2.62 bits per heavy atom. The summed E-state index contributed by atoms with van der Waals surface area (Å²) in [5, 5.41) is 9.84. The number of nitrogens with one attached hydrogen (secondary N) is 2. The van der Waals surface area contributed by atoms with Crippen molar-refractivity contribution in [3.63, 3.8) is 0 Å². The summed E-state index contributed by atoms with van der Waals surface area (Å²) >= 11 is 5.50. The molecule has 3 aromatic rings. The topological polar surface area (TPSA) is 24.1 Å². The zero-order chi connectivity index (χ0) is 18.4. The number of thiocarbonyl (C=S) groups is 1. The lowest BCUT2D eigenvalue weighted by Gasteiger charge is -2.14. The maximum atomic E-state index is 5.50. The first-order valence-corrected chi connectivity index (χ1v) is 9.69. The van der Waals surface area contributed by atoms with Gasteiger partial charge in [0.15, 0.2) is 5.11 Å². The second-order valence-corrected chi connectivity index (χ2v) is 7.11. The van der Waals surface area contributed by atoms with Gasteiger partial charge >= 0.3 is 0 Å². The Balaban J connectivity index is 1.62. The third kappa shape index (κ3) is 4.61. The first-order valence-electron chi connectivity index (χ1n) is 9.28. The molecule has 0 aromatic heterocycles. The van der Waals surface area contributed by atoms with Crippen LogP contribution in [0, 0.1) is 6.92 Å². The molecular weight excluding hydrogens is 336 g/mol. The van der Waals surface area contributed by atoms with E-state index >= 15 is 0 Å². The highest BCUT2D eigenvalue weighted by atomic mass is 32.1. The molecule has 134 valence electrons. The summed E-state index contributed by atoms with van der Waals surface area (Å²) in [7, 11) is 0. The summed E-state index contributed by atoms with van der Waals surface area (Å²) in [6.45, 7) is 5.06. The normalized spacial score (nSPS) is 10.7. The first-order chi connectivity index (χ1) is 12.7. The Kier molecular flexibility index (Phi) is 6.24. The molecule has 0 saturated heterocycles. The van der Waals surface area contributed by atoms with Gasteiger partial charge < -0.3 is 10.6 Å². The molecule has 3 rings (SSSR count). The van der Waals surface area contributed by atoms with E-state index in [1.165, 1.54) is 40.3 Å². The Morgan fingerprint density at radius 2 is 1.81 bits per heavy atom. The molecule has 0 aliphatic carbocycles. The molecule has 0 unspecified atom stereocenters. The molecule has 0 spiro atoms. The fourth-order valence-electron chi connectivity index (χ4n) is 3.19. The second kappa shape index (κ2) is 8.81. The molecule has 0 fully saturated rings. The maximum Gasteiger partial charge on any atom is 0.171 e. The van der Waals surface area contributed by atoms with Crippen LogP contribution in [0.15, 0.2) is 60.7 Å². The fourth-order valence-corrected chi connectivity index (χ4v) is 3.37. The third-order valence-corrected chi connectivity index (χ3v) is 4.92. The van der Waals surface area contributed by atoms with E-state index in [-0.39, 0.29) is 0 Å². The van der Waals surface area contributed by atoms with E-state index in [0.717, 1.165) is 12.1 Å². The van der Waals surface area contributed by atoms with E-state index in [1.54, 1.807) is 0 Å². The van der Waals surface area contributed by atoms with Crippen LogP contribution in [0.3, 0.4) is 0 Å². The average Bonchev–Trinajstić information content (AvgIpc) is 2.66. The fraction of sp³-hybridized carbons (Fsp3) is 0.261. The quantitative estimate of drug-likeness (QED) is 0.528. The lowest BCUT2D eigenvalue weighted by Crippen LogP contribution is -2.28. The van der Waals surface area contributed by atoms with Gasteiger partial charge in [-0.2, -0.15) is 0 Å². The van der Waals surface area contributed by atoms with Crippen LogP contribution in [0.1, 0.15) is 36.5 Å². The van der Waals surface area contributed by atoms with Gasteiger partial charge in [0, 0.05) is 12.2 Å². The number of benzene rings is 3. The van der Waals surface area contributed by atoms with Gasteiger partial charge in [-0.25, -0.2) is 0 Å². The number of aryl methyl sites for hydroxylation is 2. The van der Waals surface area contributed by atoms with E-state index < -0.39 is 0 Å². The molecule has 0 atom stereocenters. The van der Waals surface area contributed by atoms with Crippen molar-refractivity contribution >= 4 is 33.8 Å². The van der Waals surface area contributed by atoms with E-state index in [0.29, 0.717) is 11.7 Å². The first kappa shape index (κ1) is 18.4. The molecule has 0 aliphatic heterocycles. The number of fused-ring (bicyclic) bond motifs is 1. The highest BCUT2D eigenvalue weighted by molar-refractivity contribution is 7.80. The van der Waals surface area contributed by atoms with Crippen LogP contribution in [-0.4, -0.2) is 5.11 Å². The summed E-state index contributed by atoms with van der Waals surface area (Å²) in [6, 6.07) is 21.4. The highest BCUT2D eigenvalue weighted by Gasteiger charge is 2.04. The number of anilines is 1. The predicted octanol–water partition coefficient (Wildman–Crippen LogP) is 5.98. The summed E-state index contributed by atoms with van der Waals surface area (Å²) < 4.78 is 0. The van der Waals surface area contributed by atoms with Crippen molar-refractivity contribution in [3.05, 3.63) is 77.4 Å². The van der Waals surface area contributed by atoms with Gasteiger partial charge in [-0.3, -0.25) is 0 Å². The standard InChI is InChI=1S/C23H26N2S/c1-3-4-8-18-13-14-22(17(2)15-18)25-23(26)24-16-20-11-7-10-19-9-5-6-12-21(19)20/h5-7,9-15H,3-4,8,16H2,1-2H3,(H2,24,25,26). The third-order valence-electron chi connectivity index (χ3n) is 4.68. The summed E-state index contributed by atoms with van der Waals surface area (Å²) in [6.07, 6.45) is 3.60. The van der Waals surface area contributed by atoms with Crippen molar-refractivity contribution < 1.29 is 0 Å². The Bertz CT molecular complexity index is 896. The van der Waals surface area contributed by atoms with Crippen molar-refractivity contribution in [3.8, 4) is 0 Å². The number of hydrogen-bond acceptors (Lipinski definition) is 1. The molecule has 2 nitrogen and oxygen atoms in total. The average molecular weight is 363 g/mol. The van der Waals surface area contributed by atoms with Gasteiger partial charge in [0.1, 0.15) is 0 Å². The minimum atomic E-state index is 0.655. The van der Waals surface area contributed by atoms with Gasteiger partial charge in [0.2, 0.25) is 0 Å². The van der Waals surface area contributed by atoms with E-state index in [9.17, 15) is 0 Å². The highest BCUT2D eigenvalue weighted by Crippen LogP contribution is 2.19. The van der Waals surface area contributed by atoms with E-state index in [1.807, 2.05) is 0 Å². The zero-order valence-corrected chi connectivity index (χ0v) is 16.3. The molecule has 0 aliphatic rings. The molecule has 3 aromatic carbocycles. The van der Waals surface area contributed by atoms with Crippen LogP contribution >= 0.6 is 12.2 Å². The molecule has 0 saturated carbocycles. The van der Waals surface area contributed by atoms with Crippen LogP contribution in [0.2, 0.25) is 0 Å². The zero-order valence-electron chi connectivity index (χ0n) is 15.5. The van der Waals surface area contributed by atoms with E-state index in [2.05, 4.69) is 85.1 Å². The number of hydrogen-bond donors (Lipinski definition) is 2. The Labute approximate surface area is 161 Å². The van der Waals surface area contributed by atoms with Crippen molar-refractivity contribution in [1.82, 2.24) is 5.32 Å². The lowest BCUT2D eigenvalue weighted by molar-refractivity contribution is 0.794. The number of unbranched alkanes of at least 4 members (excludes halogenated alkanes) is 1.